The fourth-order valence-electron chi connectivity index (χ4n) is 3.70. The van der Waals surface area contributed by atoms with Crippen LogP contribution < -0.4 is 5.32 Å². The van der Waals surface area contributed by atoms with Gasteiger partial charge in [-0.05, 0) is 54.8 Å². The molecule has 0 saturated heterocycles. The van der Waals surface area contributed by atoms with Crippen molar-refractivity contribution in [1.82, 2.24) is 10.2 Å². The number of nitrogens with zero attached hydrogens (tertiary/aromatic N) is 1. The number of benzene rings is 3. The van der Waals surface area contributed by atoms with Gasteiger partial charge in [0.05, 0.1) is 6.42 Å². The third kappa shape index (κ3) is 7.88. The predicted octanol–water partition coefficient (Wildman–Crippen LogP) is 7.01. The lowest BCUT2D eigenvalue weighted by Crippen LogP contribution is -2.52. The van der Waals surface area contributed by atoms with Crippen LogP contribution in [0.3, 0.4) is 0 Å². The Balaban J connectivity index is 2.02. The average Bonchev–Trinajstić information content (AvgIpc) is 2.79. The van der Waals surface area contributed by atoms with Crippen LogP contribution in [0, 0.1) is 0 Å². The van der Waals surface area contributed by atoms with Gasteiger partial charge >= 0.3 is 0 Å². The van der Waals surface area contributed by atoms with Gasteiger partial charge in [0, 0.05) is 39.1 Å². The van der Waals surface area contributed by atoms with Gasteiger partial charge < -0.3 is 10.2 Å². The quantitative estimate of drug-likeness (QED) is 0.311. The highest BCUT2D eigenvalue weighted by molar-refractivity contribution is 6.35. The lowest BCUT2D eigenvalue weighted by Gasteiger charge is -2.32. The molecule has 184 valence electrons. The maximum atomic E-state index is 13.7. The van der Waals surface area contributed by atoms with Crippen molar-refractivity contribution in [2.75, 3.05) is 0 Å². The molecule has 3 aromatic rings. The smallest absolute Gasteiger partial charge is 0.243 e. The Labute approximate surface area is 226 Å². The van der Waals surface area contributed by atoms with Crippen LogP contribution in [0.15, 0.2) is 66.7 Å². The molecule has 0 radical (unpaired) electrons. The molecule has 8 heteroatoms. The molecule has 1 N–H and O–H groups in total. The Morgan fingerprint density at radius 3 is 1.94 bits per heavy atom. The van der Waals surface area contributed by atoms with Crippen molar-refractivity contribution < 1.29 is 9.59 Å². The molecule has 3 rings (SSSR count). The molecule has 0 unspecified atom stereocenters. The Hall–Kier alpha value is -2.24. The van der Waals surface area contributed by atoms with Crippen molar-refractivity contribution in [2.24, 2.45) is 0 Å². The molecule has 0 heterocycles. The molecular formula is C27H26Cl4N2O2. The van der Waals surface area contributed by atoms with Gasteiger partial charge in [-0.1, -0.05) is 88.9 Å². The zero-order valence-electron chi connectivity index (χ0n) is 19.4. The summed E-state index contributed by atoms with van der Waals surface area (Å²) >= 11 is 24.9. The minimum absolute atomic E-state index is 0.00145. The van der Waals surface area contributed by atoms with E-state index >= 15 is 0 Å². The number of rotatable bonds is 9. The van der Waals surface area contributed by atoms with Crippen LogP contribution in [0.2, 0.25) is 20.1 Å². The van der Waals surface area contributed by atoms with Crippen molar-refractivity contribution in [3.63, 3.8) is 0 Å². The summed E-state index contributed by atoms with van der Waals surface area (Å²) in [6, 6.07) is 18.8. The number of amides is 2. The van der Waals surface area contributed by atoms with E-state index in [4.69, 9.17) is 46.4 Å². The number of halogens is 4. The molecule has 2 amide bonds. The number of hydrogen-bond acceptors (Lipinski definition) is 2. The maximum Gasteiger partial charge on any atom is 0.243 e. The van der Waals surface area contributed by atoms with E-state index in [1.165, 1.54) is 0 Å². The largest absolute Gasteiger partial charge is 0.352 e. The van der Waals surface area contributed by atoms with Crippen molar-refractivity contribution in [2.45, 2.75) is 45.3 Å². The monoisotopic (exact) mass is 550 g/mol. The van der Waals surface area contributed by atoms with E-state index in [0.717, 1.165) is 5.56 Å². The highest BCUT2D eigenvalue weighted by Crippen LogP contribution is 2.26. The molecule has 0 aromatic heterocycles. The van der Waals surface area contributed by atoms with Crippen molar-refractivity contribution in [1.29, 1.82) is 0 Å². The number of carbonyl (C=O) groups excluding carboxylic acids is 2. The Bertz CT molecular complexity index is 1190. The van der Waals surface area contributed by atoms with Crippen LogP contribution in [0.25, 0.3) is 0 Å². The normalized spacial score (nSPS) is 11.9. The van der Waals surface area contributed by atoms with Gasteiger partial charge in [-0.15, -0.1) is 0 Å². The van der Waals surface area contributed by atoms with Gasteiger partial charge in [0.1, 0.15) is 6.04 Å². The predicted molar refractivity (Wildman–Crippen MR) is 144 cm³/mol. The third-order valence-corrected chi connectivity index (χ3v) is 6.59. The molecule has 0 aliphatic rings. The maximum absolute atomic E-state index is 13.7. The fourth-order valence-corrected chi connectivity index (χ4v) is 4.64. The van der Waals surface area contributed by atoms with Crippen LogP contribution in [0.5, 0.6) is 0 Å². The van der Waals surface area contributed by atoms with Crippen molar-refractivity contribution in [3.8, 4) is 0 Å². The van der Waals surface area contributed by atoms with E-state index < -0.39 is 6.04 Å². The molecule has 0 spiro atoms. The van der Waals surface area contributed by atoms with Crippen LogP contribution in [0.1, 0.15) is 30.5 Å². The summed E-state index contributed by atoms with van der Waals surface area (Å²) in [5, 5.41) is 4.74. The standard InChI is InChI=1S/C27H26Cl4N2O2/c1-17(2)32-27(35)25(12-18-6-4-3-5-7-18)33(16-20-9-11-22(29)15-24(20)31)26(34)13-19-8-10-21(28)14-23(19)30/h3-11,14-15,17,25H,12-13,16H2,1-2H3,(H,32,35)/t25-/m1/s1. The van der Waals surface area contributed by atoms with Crippen molar-refractivity contribution >= 4 is 58.2 Å². The highest BCUT2D eigenvalue weighted by atomic mass is 35.5. The van der Waals surface area contributed by atoms with Crippen LogP contribution in [0.4, 0.5) is 0 Å². The molecular weight excluding hydrogens is 526 g/mol. The molecule has 4 nitrogen and oxygen atoms in total. The fraction of sp³-hybridized carbons (Fsp3) is 0.259. The second-order valence-corrected chi connectivity index (χ2v) is 10.2. The zero-order valence-corrected chi connectivity index (χ0v) is 22.4. The summed E-state index contributed by atoms with van der Waals surface area (Å²) in [6.45, 7) is 3.89. The Morgan fingerprint density at radius 1 is 0.829 bits per heavy atom. The summed E-state index contributed by atoms with van der Waals surface area (Å²) < 4.78 is 0. The molecule has 0 aliphatic carbocycles. The minimum atomic E-state index is -0.773. The summed E-state index contributed by atoms with van der Waals surface area (Å²) in [7, 11) is 0. The second-order valence-electron chi connectivity index (χ2n) is 8.54. The number of carbonyl (C=O) groups is 2. The molecule has 0 saturated carbocycles. The van der Waals surface area contributed by atoms with Crippen molar-refractivity contribution in [3.05, 3.63) is 104 Å². The Kier molecular flexibility index (Phi) is 9.88. The molecule has 1 atom stereocenters. The van der Waals surface area contributed by atoms with E-state index in [0.29, 0.717) is 37.6 Å². The first-order chi connectivity index (χ1) is 16.6. The van der Waals surface area contributed by atoms with Crippen LogP contribution in [-0.2, 0) is 29.0 Å². The first-order valence-electron chi connectivity index (χ1n) is 11.2. The van der Waals surface area contributed by atoms with Crippen LogP contribution >= 0.6 is 46.4 Å². The lowest BCUT2D eigenvalue weighted by atomic mass is 10.0. The topological polar surface area (TPSA) is 49.4 Å². The van der Waals surface area contributed by atoms with E-state index in [9.17, 15) is 9.59 Å². The average molecular weight is 552 g/mol. The van der Waals surface area contributed by atoms with Gasteiger partial charge in [0.15, 0.2) is 0 Å². The zero-order chi connectivity index (χ0) is 25.5. The van der Waals surface area contributed by atoms with Gasteiger partial charge in [-0.25, -0.2) is 0 Å². The number of hydrogen-bond donors (Lipinski definition) is 1. The molecule has 0 bridgehead atoms. The number of nitrogens with one attached hydrogen (secondary N) is 1. The first-order valence-corrected chi connectivity index (χ1v) is 12.7. The molecule has 0 aliphatic heterocycles. The summed E-state index contributed by atoms with van der Waals surface area (Å²) in [4.78, 5) is 28.7. The summed E-state index contributed by atoms with van der Waals surface area (Å²) in [6.07, 6.45) is 0.339. The second kappa shape index (κ2) is 12.6. The van der Waals surface area contributed by atoms with Gasteiger partial charge in [0.2, 0.25) is 11.8 Å². The highest BCUT2D eigenvalue weighted by Gasteiger charge is 2.31. The Morgan fingerprint density at radius 2 is 1.40 bits per heavy atom. The summed E-state index contributed by atoms with van der Waals surface area (Å²) in [5.74, 6) is -0.510. The summed E-state index contributed by atoms with van der Waals surface area (Å²) in [5.41, 5.74) is 2.24. The minimum Gasteiger partial charge on any atom is -0.352 e. The SMILES string of the molecule is CC(C)NC(=O)[C@@H](Cc1ccccc1)N(Cc1ccc(Cl)cc1Cl)C(=O)Cc1ccc(Cl)cc1Cl. The molecule has 0 fully saturated rings. The first kappa shape index (κ1) is 27.3. The van der Waals surface area contributed by atoms with E-state index in [2.05, 4.69) is 5.32 Å². The van der Waals surface area contributed by atoms with Gasteiger partial charge in [-0.3, -0.25) is 9.59 Å². The van der Waals surface area contributed by atoms with E-state index in [1.54, 1.807) is 41.3 Å². The van der Waals surface area contributed by atoms with E-state index in [1.807, 2.05) is 44.2 Å². The third-order valence-electron chi connectivity index (χ3n) is 5.41. The van der Waals surface area contributed by atoms with Crippen LogP contribution in [-0.4, -0.2) is 28.8 Å². The van der Waals surface area contributed by atoms with Gasteiger partial charge in [0.25, 0.3) is 0 Å². The van der Waals surface area contributed by atoms with Gasteiger partial charge in [-0.2, -0.15) is 0 Å². The molecule has 35 heavy (non-hydrogen) atoms. The van der Waals surface area contributed by atoms with E-state index in [-0.39, 0.29) is 30.8 Å². The molecule has 3 aromatic carbocycles. The lowest BCUT2D eigenvalue weighted by molar-refractivity contribution is -0.141.